The minimum atomic E-state index is -0.485. The molecule has 0 aliphatic rings. The predicted octanol–water partition coefficient (Wildman–Crippen LogP) is 2.79. The summed E-state index contributed by atoms with van der Waals surface area (Å²) in [5.74, 6) is 1.09. The van der Waals surface area contributed by atoms with Gasteiger partial charge >= 0.3 is 6.09 Å². The number of nitrogens with zero attached hydrogens (tertiary/aromatic N) is 1. The Morgan fingerprint density at radius 2 is 1.72 bits per heavy atom. The molecule has 6 nitrogen and oxygen atoms in total. The predicted molar refractivity (Wildman–Crippen MR) is 103 cm³/mol. The van der Waals surface area contributed by atoms with Gasteiger partial charge in [0.15, 0.2) is 5.96 Å². The lowest BCUT2D eigenvalue weighted by Gasteiger charge is -2.20. The Balaban J connectivity index is 2.28. The highest BCUT2D eigenvalue weighted by molar-refractivity contribution is 5.79. The van der Waals surface area contributed by atoms with Crippen molar-refractivity contribution in [3.63, 3.8) is 0 Å². The largest absolute Gasteiger partial charge is 0.444 e. The molecule has 3 N–H and O–H groups in total. The molecule has 0 aliphatic heterocycles. The van der Waals surface area contributed by atoms with E-state index in [1.165, 1.54) is 11.1 Å². The standard InChI is InChI=1S/C19H32N4O2/c1-14-7-9-16(10-8-14)15(2)13-23-17(20-6)21-11-12-22-18(24)25-19(3,4)5/h7-10,15H,11-13H2,1-6H3,(H,22,24)(H2,20,21,23). The van der Waals surface area contributed by atoms with Crippen molar-refractivity contribution in [2.24, 2.45) is 4.99 Å². The quantitative estimate of drug-likeness (QED) is 0.420. The first kappa shape index (κ1) is 20.8. The summed E-state index contributed by atoms with van der Waals surface area (Å²) >= 11 is 0. The van der Waals surface area contributed by atoms with Crippen LogP contribution in [0.2, 0.25) is 0 Å². The van der Waals surface area contributed by atoms with Crippen molar-refractivity contribution in [1.82, 2.24) is 16.0 Å². The Hall–Kier alpha value is -2.24. The van der Waals surface area contributed by atoms with Crippen LogP contribution in [0.4, 0.5) is 4.79 Å². The molecule has 1 aromatic rings. The van der Waals surface area contributed by atoms with Crippen LogP contribution < -0.4 is 16.0 Å². The van der Waals surface area contributed by atoms with Gasteiger partial charge in [0.05, 0.1) is 0 Å². The van der Waals surface area contributed by atoms with E-state index >= 15 is 0 Å². The molecule has 0 fully saturated rings. The lowest BCUT2D eigenvalue weighted by molar-refractivity contribution is 0.0529. The zero-order valence-electron chi connectivity index (χ0n) is 16.3. The number of benzene rings is 1. The van der Waals surface area contributed by atoms with Crippen LogP contribution in [-0.4, -0.2) is 44.3 Å². The van der Waals surface area contributed by atoms with E-state index in [4.69, 9.17) is 4.74 Å². The SMILES string of the molecule is CN=C(NCCNC(=O)OC(C)(C)C)NCC(C)c1ccc(C)cc1. The Bertz CT molecular complexity index is 562. The maximum atomic E-state index is 11.6. The molecule has 0 saturated carbocycles. The Labute approximate surface area is 151 Å². The van der Waals surface area contributed by atoms with Crippen molar-refractivity contribution in [3.05, 3.63) is 35.4 Å². The van der Waals surface area contributed by atoms with E-state index < -0.39 is 11.7 Å². The van der Waals surface area contributed by atoms with Gasteiger partial charge in [0.25, 0.3) is 0 Å². The third-order valence-electron chi connectivity index (χ3n) is 3.53. The Morgan fingerprint density at radius 3 is 2.28 bits per heavy atom. The van der Waals surface area contributed by atoms with E-state index in [-0.39, 0.29) is 0 Å². The van der Waals surface area contributed by atoms with Crippen LogP contribution in [-0.2, 0) is 4.74 Å². The zero-order valence-corrected chi connectivity index (χ0v) is 16.3. The summed E-state index contributed by atoms with van der Waals surface area (Å²) in [6.45, 7) is 11.6. The topological polar surface area (TPSA) is 74.8 Å². The number of guanidine groups is 1. The van der Waals surface area contributed by atoms with Crippen molar-refractivity contribution < 1.29 is 9.53 Å². The van der Waals surface area contributed by atoms with Gasteiger partial charge in [-0.25, -0.2) is 4.79 Å². The normalized spacial score (nSPS) is 13.1. The van der Waals surface area contributed by atoms with Gasteiger partial charge in [0.1, 0.15) is 5.60 Å². The van der Waals surface area contributed by atoms with Gasteiger partial charge in [-0.3, -0.25) is 4.99 Å². The summed E-state index contributed by atoms with van der Waals surface area (Å²) < 4.78 is 5.18. The van der Waals surface area contributed by atoms with E-state index in [2.05, 4.69) is 59.1 Å². The third kappa shape index (κ3) is 8.98. The van der Waals surface area contributed by atoms with Gasteiger partial charge < -0.3 is 20.7 Å². The van der Waals surface area contributed by atoms with Crippen molar-refractivity contribution in [2.75, 3.05) is 26.7 Å². The molecule has 6 heteroatoms. The molecular weight excluding hydrogens is 316 g/mol. The van der Waals surface area contributed by atoms with Gasteiger partial charge in [-0.2, -0.15) is 0 Å². The fraction of sp³-hybridized carbons (Fsp3) is 0.579. The van der Waals surface area contributed by atoms with Gasteiger partial charge in [-0.05, 0) is 39.2 Å². The number of rotatable bonds is 6. The van der Waals surface area contributed by atoms with Crippen LogP contribution >= 0.6 is 0 Å². The number of hydrogen-bond acceptors (Lipinski definition) is 3. The van der Waals surface area contributed by atoms with Gasteiger partial charge in [-0.15, -0.1) is 0 Å². The Morgan fingerprint density at radius 1 is 1.12 bits per heavy atom. The number of amides is 1. The first-order chi connectivity index (χ1) is 11.7. The molecular formula is C19H32N4O2. The van der Waals surface area contributed by atoms with Crippen LogP contribution in [0, 0.1) is 6.92 Å². The lowest BCUT2D eigenvalue weighted by Crippen LogP contribution is -2.43. The van der Waals surface area contributed by atoms with Crippen molar-refractivity contribution in [2.45, 2.75) is 46.1 Å². The maximum absolute atomic E-state index is 11.6. The Kier molecular flexibility index (Phi) is 8.25. The summed E-state index contributed by atoms with van der Waals surface area (Å²) in [5, 5.41) is 9.18. The molecule has 0 saturated heterocycles. The first-order valence-corrected chi connectivity index (χ1v) is 8.69. The summed E-state index contributed by atoms with van der Waals surface area (Å²) in [6, 6.07) is 8.56. The van der Waals surface area contributed by atoms with Crippen molar-refractivity contribution in [3.8, 4) is 0 Å². The molecule has 25 heavy (non-hydrogen) atoms. The summed E-state index contributed by atoms with van der Waals surface area (Å²) in [7, 11) is 1.73. The number of aliphatic imine (C=N–C) groups is 1. The summed E-state index contributed by atoms with van der Waals surface area (Å²) in [5.41, 5.74) is 2.07. The number of carbonyl (C=O) groups excluding carboxylic acids is 1. The second kappa shape index (κ2) is 9.91. The molecule has 0 aromatic heterocycles. The maximum Gasteiger partial charge on any atom is 0.407 e. The minimum absolute atomic E-state index is 0.374. The highest BCUT2D eigenvalue weighted by Gasteiger charge is 2.15. The lowest BCUT2D eigenvalue weighted by atomic mass is 10.0. The number of ether oxygens (including phenoxy) is 1. The molecule has 140 valence electrons. The molecule has 0 spiro atoms. The molecule has 1 amide bonds. The van der Waals surface area contributed by atoms with Crippen LogP contribution in [0.1, 0.15) is 44.7 Å². The van der Waals surface area contributed by atoms with Crippen LogP contribution in [0.5, 0.6) is 0 Å². The van der Waals surface area contributed by atoms with E-state index in [1.54, 1.807) is 7.05 Å². The first-order valence-electron chi connectivity index (χ1n) is 8.69. The second-order valence-electron chi connectivity index (χ2n) is 7.12. The van der Waals surface area contributed by atoms with Crippen LogP contribution in [0.3, 0.4) is 0 Å². The van der Waals surface area contributed by atoms with Crippen molar-refractivity contribution >= 4 is 12.1 Å². The average molecular weight is 348 g/mol. The number of nitrogens with one attached hydrogen (secondary N) is 3. The molecule has 0 heterocycles. The average Bonchev–Trinajstić information content (AvgIpc) is 2.53. The number of hydrogen-bond donors (Lipinski definition) is 3. The van der Waals surface area contributed by atoms with Gasteiger partial charge in [-0.1, -0.05) is 36.8 Å². The molecule has 1 aromatic carbocycles. The molecule has 0 bridgehead atoms. The van der Waals surface area contributed by atoms with Gasteiger partial charge in [0.2, 0.25) is 0 Å². The highest BCUT2D eigenvalue weighted by atomic mass is 16.6. The van der Waals surface area contributed by atoms with E-state index in [0.29, 0.717) is 25.0 Å². The van der Waals surface area contributed by atoms with E-state index in [1.807, 2.05) is 20.8 Å². The van der Waals surface area contributed by atoms with Crippen molar-refractivity contribution in [1.29, 1.82) is 0 Å². The summed E-state index contributed by atoms with van der Waals surface area (Å²) in [4.78, 5) is 15.8. The second-order valence-corrected chi connectivity index (χ2v) is 7.12. The molecule has 0 aliphatic carbocycles. The fourth-order valence-corrected chi connectivity index (χ4v) is 2.14. The number of carbonyl (C=O) groups is 1. The molecule has 1 rings (SSSR count). The third-order valence-corrected chi connectivity index (χ3v) is 3.53. The molecule has 1 unspecified atom stereocenters. The minimum Gasteiger partial charge on any atom is -0.444 e. The smallest absolute Gasteiger partial charge is 0.407 e. The molecule has 0 radical (unpaired) electrons. The highest BCUT2D eigenvalue weighted by Crippen LogP contribution is 2.14. The van der Waals surface area contributed by atoms with E-state index in [0.717, 1.165) is 6.54 Å². The van der Waals surface area contributed by atoms with Crippen LogP contribution in [0.25, 0.3) is 0 Å². The van der Waals surface area contributed by atoms with Crippen LogP contribution in [0.15, 0.2) is 29.3 Å². The monoisotopic (exact) mass is 348 g/mol. The number of alkyl carbamates (subject to hydrolysis) is 1. The zero-order chi connectivity index (χ0) is 18.9. The fourth-order valence-electron chi connectivity index (χ4n) is 2.14. The van der Waals surface area contributed by atoms with Gasteiger partial charge in [0, 0.05) is 26.7 Å². The summed E-state index contributed by atoms with van der Waals surface area (Å²) in [6.07, 6.45) is -0.412. The number of aryl methyl sites for hydroxylation is 1. The van der Waals surface area contributed by atoms with E-state index in [9.17, 15) is 4.79 Å². The molecule has 1 atom stereocenters.